The molecule has 0 heterocycles. The SMILES string of the molecule is CC(=O)CC(C)c1ccccc1OC(C)C. The Labute approximate surface area is 97.6 Å². The van der Waals surface area contributed by atoms with Gasteiger partial charge in [0.15, 0.2) is 0 Å². The molecule has 1 aromatic carbocycles. The van der Waals surface area contributed by atoms with E-state index in [1.165, 1.54) is 0 Å². The molecule has 1 atom stereocenters. The van der Waals surface area contributed by atoms with Gasteiger partial charge in [-0.3, -0.25) is 0 Å². The Bertz CT molecular complexity index is 356. The number of benzene rings is 1. The molecular formula is C14H20O2. The molecule has 0 spiro atoms. The molecule has 1 rings (SSSR count). The van der Waals surface area contributed by atoms with E-state index in [2.05, 4.69) is 6.92 Å². The average Bonchev–Trinajstić information content (AvgIpc) is 2.16. The van der Waals surface area contributed by atoms with Crippen LogP contribution in [0.25, 0.3) is 0 Å². The highest BCUT2D eigenvalue weighted by Gasteiger charge is 2.13. The van der Waals surface area contributed by atoms with Crippen LogP contribution in [0.2, 0.25) is 0 Å². The van der Waals surface area contributed by atoms with Gasteiger partial charge >= 0.3 is 0 Å². The second-order valence-corrected chi connectivity index (χ2v) is 4.51. The van der Waals surface area contributed by atoms with E-state index in [-0.39, 0.29) is 17.8 Å². The van der Waals surface area contributed by atoms with Crippen LogP contribution in [0.15, 0.2) is 24.3 Å². The summed E-state index contributed by atoms with van der Waals surface area (Å²) in [7, 11) is 0. The highest BCUT2D eigenvalue weighted by molar-refractivity contribution is 5.76. The molecule has 2 nitrogen and oxygen atoms in total. The van der Waals surface area contributed by atoms with Crippen LogP contribution in [0.5, 0.6) is 5.75 Å². The lowest BCUT2D eigenvalue weighted by molar-refractivity contribution is -0.117. The van der Waals surface area contributed by atoms with Crippen molar-refractivity contribution in [3.8, 4) is 5.75 Å². The molecular weight excluding hydrogens is 200 g/mol. The smallest absolute Gasteiger partial charge is 0.130 e. The summed E-state index contributed by atoms with van der Waals surface area (Å²) in [4.78, 5) is 11.1. The Morgan fingerprint density at radius 1 is 1.25 bits per heavy atom. The summed E-state index contributed by atoms with van der Waals surface area (Å²) in [6.07, 6.45) is 0.726. The molecule has 0 aromatic heterocycles. The van der Waals surface area contributed by atoms with E-state index in [0.717, 1.165) is 11.3 Å². The summed E-state index contributed by atoms with van der Waals surface area (Å²) in [5.74, 6) is 1.32. The third-order valence-electron chi connectivity index (χ3n) is 2.41. The lowest BCUT2D eigenvalue weighted by Crippen LogP contribution is -2.09. The number of rotatable bonds is 5. The Hall–Kier alpha value is -1.31. The third-order valence-corrected chi connectivity index (χ3v) is 2.41. The van der Waals surface area contributed by atoms with Gasteiger partial charge in [-0.15, -0.1) is 0 Å². The zero-order valence-electron chi connectivity index (χ0n) is 10.5. The van der Waals surface area contributed by atoms with Gasteiger partial charge in [-0.25, -0.2) is 0 Å². The molecule has 88 valence electrons. The molecule has 0 saturated heterocycles. The highest BCUT2D eigenvalue weighted by Crippen LogP contribution is 2.29. The van der Waals surface area contributed by atoms with Crippen molar-refractivity contribution in [2.45, 2.75) is 46.1 Å². The first-order valence-corrected chi connectivity index (χ1v) is 5.75. The fourth-order valence-corrected chi connectivity index (χ4v) is 1.79. The van der Waals surface area contributed by atoms with Crippen molar-refractivity contribution in [2.24, 2.45) is 0 Å². The van der Waals surface area contributed by atoms with Gasteiger partial charge in [0.05, 0.1) is 6.10 Å². The normalized spacial score (nSPS) is 12.6. The zero-order valence-corrected chi connectivity index (χ0v) is 10.5. The number of hydrogen-bond acceptors (Lipinski definition) is 2. The molecule has 1 unspecified atom stereocenters. The molecule has 0 radical (unpaired) electrons. The summed E-state index contributed by atoms with van der Waals surface area (Å²) in [6.45, 7) is 7.70. The second kappa shape index (κ2) is 5.69. The molecule has 2 heteroatoms. The number of Topliss-reactive ketones (excluding diaryl/α,β-unsaturated/α-hetero) is 1. The molecule has 0 amide bonds. The van der Waals surface area contributed by atoms with Gasteiger partial charge in [0.2, 0.25) is 0 Å². The first-order chi connectivity index (χ1) is 7.50. The minimum atomic E-state index is 0.158. The molecule has 0 N–H and O–H groups in total. The van der Waals surface area contributed by atoms with E-state index in [9.17, 15) is 4.79 Å². The Morgan fingerprint density at radius 2 is 1.88 bits per heavy atom. The van der Waals surface area contributed by atoms with Crippen LogP contribution in [-0.2, 0) is 4.79 Å². The summed E-state index contributed by atoms with van der Waals surface area (Å²) in [5, 5.41) is 0. The number of para-hydroxylation sites is 1. The molecule has 0 aliphatic carbocycles. The van der Waals surface area contributed by atoms with Crippen molar-refractivity contribution < 1.29 is 9.53 Å². The summed E-state index contributed by atoms with van der Waals surface area (Å²) < 4.78 is 5.74. The monoisotopic (exact) mass is 220 g/mol. The van der Waals surface area contributed by atoms with E-state index in [0.29, 0.717) is 6.42 Å². The average molecular weight is 220 g/mol. The molecule has 0 bridgehead atoms. The minimum Gasteiger partial charge on any atom is -0.491 e. The van der Waals surface area contributed by atoms with E-state index in [1.807, 2.05) is 38.1 Å². The van der Waals surface area contributed by atoms with Crippen LogP contribution in [0.4, 0.5) is 0 Å². The highest BCUT2D eigenvalue weighted by atomic mass is 16.5. The van der Waals surface area contributed by atoms with Gasteiger partial charge in [0.25, 0.3) is 0 Å². The topological polar surface area (TPSA) is 26.3 Å². The lowest BCUT2D eigenvalue weighted by atomic mass is 9.95. The molecule has 0 saturated carbocycles. The number of ketones is 1. The maximum absolute atomic E-state index is 11.1. The third kappa shape index (κ3) is 3.69. The van der Waals surface area contributed by atoms with Crippen molar-refractivity contribution in [2.75, 3.05) is 0 Å². The van der Waals surface area contributed by atoms with E-state index < -0.39 is 0 Å². The van der Waals surface area contributed by atoms with E-state index in [1.54, 1.807) is 6.92 Å². The van der Waals surface area contributed by atoms with Crippen molar-refractivity contribution in [3.05, 3.63) is 29.8 Å². The number of carbonyl (C=O) groups is 1. The maximum atomic E-state index is 11.1. The number of hydrogen-bond donors (Lipinski definition) is 0. The molecule has 0 aliphatic rings. The zero-order chi connectivity index (χ0) is 12.1. The van der Waals surface area contributed by atoms with Crippen LogP contribution in [0, 0.1) is 0 Å². The number of carbonyl (C=O) groups excluding carboxylic acids is 1. The van der Waals surface area contributed by atoms with E-state index >= 15 is 0 Å². The number of ether oxygens (including phenoxy) is 1. The predicted octanol–water partition coefficient (Wildman–Crippen LogP) is 3.56. The standard InChI is InChI=1S/C14H20O2/c1-10(2)16-14-8-6-5-7-13(14)11(3)9-12(4)15/h5-8,10-11H,9H2,1-4H3. The lowest BCUT2D eigenvalue weighted by Gasteiger charge is -2.17. The fourth-order valence-electron chi connectivity index (χ4n) is 1.79. The van der Waals surface area contributed by atoms with Crippen molar-refractivity contribution >= 4 is 5.78 Å². The van der Waals surface area contributed by atoms with Crippen LogP contribution in [-0.4, -0.2) is 11.9 Å². The van der Waals surface area contributed by atoms with Crippen LogP contribution in [0.1, 0.15) is 45.6 Å². The Morgan fingerprint density at radius 3 is 2.44 bits per heavy atom. The van der Waals surface area contributed by atoms with Crippen LogP contribution < -0.4 is 4.74 Å². The van der Waals surface area contributed by atoms with Gasteiger partial charge in [-0.1, -0.05) is 25.1 Å². The first-order valence-electron chi connectivity index (χ1n) is 5.75. The van der Waals surface area contributed by atoms with Crippen LogP contribution >= 0.6 is 0 Å². The predicted molar refractivity (Wildman–Crippen MR) is 65.9 cm³/mol. The fraction of sp³-hybridized carbons (Fsp3) is 0.500. The molecule has 0 aliphatic heterocycles. The maximum Gasteiger partial charge on any atom is 0.130 e. The van der Waals surface area contributed by atoms with E-state index in [4.69, 9.17) is 4.74 Å². The minimum absolute atomic E-state index is 0.158. The first kappa shape index (κ1) is 12.8. The molecule has 1 aromatic rings. The van der Waals surface area contributed by atoms with Gasteiger partial charge < -0.3 is 9.53 Å². The quantitative estimate of drug-likeness (QED) is 0.758. The van der Waals surface area contributed by atoms with Gasteiger partial charge in [-0.2, -0.15) is 0 Å². The van der Waals surface area contributed by atoms with Gasteiger partial charge in [0, 0.05) is 6.42 Å². The Balaban J connectivity index is 2.89. The van der Waals surface area contributed by atoms with Gasteiger partial charge in [0.1, 0.15) is 11.5 Å². The summed E-state index contributed by atoms with van der Waals surface area (Å²) in [6, 6.07) is 7.94. The van der Waals surface area contributed by atoms with Gasteiger partial charge in [-0.05, 0) is 38.3 Å². The van der Waals surface area contributed by atoms with Crippen molar-refractivity contribution in [1.29, 1.82) is 0 Å². The van der Waals surface area contributed by atoms with Crippen molar-refractivity contribution in [3.63, 3.8) is 0 Å². The largest absolute Gasteiger partial charge is 0.491 e. The van der Waals surface area contributed by atoms with Crippen molar-refractivity contribution in [1.82, 2.24) is 0 Å². The summed E-state index contributed by atoms with van der Waals surface area (Å²) >= 11 is 0. The Kier molecular flexibility index (Phi) is 4.53. The second-order valence-electron chi connectivity index (χ2n) is 4.51. The van der Waals surface area contributed by atoms with Crippen LogP contribution in [0.3, 0.4) is 0 Å². The molecule has 16 heavy (non-hydrogen) atoms. The molecule has 0 fully saturated rings. The summed E-state index contributed by atoms with van der Waals surface area (Å²) in [5.41, 5.74) is 1.12.